The van der Waals surface area contributed by atoms with Gasteiger partial charge in [0.1, 0.15) is 5.84 Å². The predicted molar refractivity (Wildman–Crippen MR) is 46.9 cm³/mol. The zero-order valence-electron chi connectivity index (χ0n) is 6.55. The molecule has 10 heavy (non-hydrogen) atoms. The summed E-state index contributed by atoms with van der Waals surface area (Å²) in [5.74, 6) is 2.02. The molecule has 1 saturated heterocycles. The van der Waals surface area contributed by atoms with E-state index in [1.54, 1.807) is 0 Å². The molecule has 58 valence electrons. The summed E-state index contributed by atoms with van der Waals surface area (Å²) in [5.41, 5.74) is 0. The maximum Gasteiger partial charge on any atom is 0.109 e. The molecule has 0 aromatic carbocycles. The second kappa shape index (κ2) is 3.28. The molecule has 1 rings (SSSR count). The maximum absolute atomic E-state index is 7.65. The fourth-order valence-electron chi connectivity index (χ4n) is 1.08. The number of rotatable bonds is 1. The Labute approximate surface area is 66.5 Å². The van der Waals surface area contributed by atoms with Crippen LogP contribution < -0.4 is 0 Å². The first-order chi connectivity index (χ1) is 4.72. The third-order valence-corrected chi connectivity index (χ3v) is 3.10. The SMILES string of the molecule is CN(C)C(=N)C1CCCS1. The van der Waals surface area contributed by atoms with E-state index in [0.717, 1.165) is 5.84 Å². The van der Waals surface area contributed by atoms with Gasteiger partial charge in [-0.05, 0) is 18.6 Å². The van der Waals surface area contributed by atoms with Crippen LogP contribution in [0.1, 0.15) is 12.8 Å². The van der Waals surface area contributed by atoms with Gasteiger partial charge in [0.2, 0.25) is 0 Å². The molecule has 0 aliphatic carbocycles. The Kier molecular flexibility index (Phi) is 2.60. The van der Waals surface area contributed by atoms with Crippen LogP contribution in [0.3, 0.4) is 0 Å². The molecule has 0 spiro atoms. The van der Waals surface area contributed by atoms with Crippen LogP contribution in [0.25, 0.3) is 0 Å². The van der Waals surface area contributed by atoms with E-state index in [4.69, 9.17) is 5.41 Å². The van der Waals surface area contributed by atoms with Gasteiger partial charge in [0.25, 0.3) is 0 Å². The molecule has 1 aliphatic rings. The number of thioether (sulfide) groups is 1. The third kappa shape index (κ3) is 1.66. The van der Waals surface area contributed by atoms with Crippen molar-refractivity contribution in [3.8, 4) is 0 Å². The largest absolute Gasteiger partial charge is 0.366 e. The molecule has 0 radical (unpaired) electrons. The molecule has 1 fully saturated rings. The second-order valence-corrected chi connectivity index (χ2v) is 4.09. The zero-order chi connectivity index (χ0) is 7.56. The van der Waals surface area contributed by atoms with Crippen LogP contribution >= 0.6 is 11.8 Å². The zero-order valence-corrected chi connectivity index (χ0v) is 7.37. The minimum Gasteiger partial charge on any atom is -0.366 e. The first-order valence-corrected chi connectivity index (χ1v) is 4.64. The van der Waals surface area contributed by atoms with E-state index in [0.29, 0.717) is 5.25 Å². The quantitative estimate of drug-likeness (QED) is 0.461. The topological polar surface area (TPSA) is 27.1 Å². The summed E-state index contributed by atoms with van der Waals surface area (Å²) in [5, 5.41) is 8.13. The number of nitrogens with one attached hydrogen (secondary N) is 1. The van der Waals surface area contributed by atoms with Crippen LogP contribution in [0.15, 0.2) is 0 Å². The Hall–Kier alpha value is -0.180. The summed E-state index contributed by atoms with van der Waals surface area (Å²) in [6.45, 7) is 0. The normalized spacial score (nSPS) is 24.8. The lowest BCUT2D eigenvalue weighted by atomic mass is 10.2. The molecule has 0 aromatic heterocycles. The van der Waals surface area contributed by atoms with E-state index in [-0.39, 0.29) is 0 Å². The van der Waals surface area contributed by atoms with Gasteiger partial charge < -0.3 is 4.90 Å². The Morgan fingerprint density at radius 2 is 2.30 bits per heavy atom. The number of amidine groups is 1. The van der Waals surface area contributed by atoms with Crippen LogP contribution in [-0.4, -0.2) is 35.8 Å². The van der Waals surface area contributed by atoms with Crippen molar-refractivity contribution in [2.75, 3.05) is 19.8 Å². The van der Waals surface area contributed by atoms with E-state index >= 15 is 0 Å². The van der Waals surface area contributed by atoms with Crippen molar-refractivity contribution in [2.24, 2.45) is 0 Å². The Morgan fingerprint density at radius 1 is 1.60 bits per heavy atom. The highest BCUT2D eigenvalue weighted by molar-refractivity contribution is 8.00. The van der Waals surface area contributed by atoms with Gasteiger partial charge in [0, 0.05) is 14.1 Å². The van der Waals surface area contributed by atoms with Crippen molar-refractivity contribution in [1.82, 2.24) is 4.90 Å². The van der Waals surface area contributed by atoms with Crippen molar-refractivity contribution >= 4 is 17.6 Å². The van der Waals surface area contributed by atoms with Crippen molar-refractivity contribution < 1.29 is 0 Å². The molecule has 1 N–H and O–H groups in total. The van der Waals surface area contributed by atoms with Gasteiger partial charge in [-0.3, -0.25) is 5.41 Å². The molecular weight excluding hydrogens is 144 g/mol. The first-order valence-electron chi connectivity index (χ1n) is 3.59. The Balaban J connectivity index is 2.40. The highest BCUT2D eigenvalue weighted by Crippen LogP contribution is 2.27. The van der Waals surface area contributed by atoms with Crippen LogP contribution in [0.5, 0.6) is 0 Å². The molecule has 1 heterocycles. The summed E-state index contributed by atoms with van der Waals surface area (Å²) in [4.78, 5) is 1.91. The molecule has 1 atom stereocenters. The standard InChI is InChI=1S/C7H14N2S/c1-9(2)7(8)6-4-3-5-10-6/h6,8H,3-5H2,1-2H3. The lowest BCUT2D eigenvalue weighted by Gasteiger charge is -2.18. The maximum atomic E-state index is 7.65. The van der Waals surface area contributed by atoms with Gasteiger partial charge >= 0.3 is 0 Å². The van der Waals surface area contributed by atoms with Crippen molar-refractivity contribution in [1.29, 1.82) is 5.41 Å². The molecule has 0 bridgehead atoms. The van der Waals surface area contributed by atoms with Gasteiger partial charge in [-0.1, -0.05) is 0 Å². The van der Waals surface area contributed by atoms with Gasteiger partial charge in [0.05, 0.1) is 5.25 Å². The highest BCUT2D eigenvalue weighted by Gasteiger charge is 2.20. The fourth-order valence-corrected chi connectivity index (χ4v) is 2.40. The Bertz CT molecular complexity index is 128. The molecule has 0 aromatic rings. The number of nitrogens with zero attached hydrogens (tertiary/aromatic N) is 1. The van der Waals surface area contributed by atoms with Crippen molar-refractivity contribution in [3.05, 3.63) is 0 Å². The average molecular weight is 158 g/mol. The molecule has 1 unspecified atom stereocenters. The highest BCUT2D eigenvalue weighted by atomic mass is 32.2. The van der Waals surface area contributed by atoms with Crippen LogP contribution in [0.4, 0.5) is 0 Å². The minimum absolute atomic E-state index is 0.481. The van der Waals surface area contributed by atoms with E-state index in [1.807, 2.05) is 30.8 Å². The number of hydrogen-bond donors (Lipinski definition) is 1. The predicted octanol–water partition coefficient (Wildman–Crippen LogP) is 1.42. The molecule has 1 aliphatic heterocycles. The molecule has 2 nitrogen and oxygen atoms in total. The Morgan fingerprint density at radius 3 is 2.70 bits per heavy atom. The average Bonchev–Trinajstić information content (AvgIpc) is 2.36. The van der Waals surface area contributed by atoms with E-state index in [9.17, 15) is 0 Å². The van der Waals surface area contributed by atoms with E-state index in [1.165, 1.54) is 18.6 Å². The van der Waals surface area contributed by atoms with Gasteiger partial charge in [-0.25, -0.2) is 0 Å². The molecule has 0 saturated carbocycles. The number of hydrogen-bond acceptors (Lipinski definition) is 2. The van der Waals surface area contributed by atoms with Crippen LogP contribution in [0.2, 0.25) is 0 Å². The van der Waals surface area contributed by atoms with E-state index in [2.05, 4.69) is 0 Å². The lowest BCUT2D eigenvalue weighted by molar-refractivity contribution is 0.597. The monoisotopic (exact) mass is 158 g/mol. The lowest BCUT2D eigenvalue weighted by Crippen LogP contribution is -2.29. The smallest absolute Gasteiger partial charge is 0.109 e. The van der Waals surface area contributed by atoms with Crippen molar-refractivity contribution in [2.45, 2.75) is 18.1 Å². The summed E-state index contributed by atoms with van der Waals surface area (Å²) in [6.07, 6.45) is 2.48. The first kappa shape index (κ1) is 7.92. The molecule has 3 heteroatoms. The van der Waals surface area contributed by atoms with E-state index < -0.39 is 0 Å². The molecular formula is C7H14N2S. The fraction of sp³-hybridized carbons (Fsp3) is 0.857. The summed E-state index contributed by atoms with van der Waals surface area (Å²) >= 11 is 1.91. The molecule has 0 amide bonds. The van der Waals surface area contributed by atoms with Gasteiger partial charge in [0.15, 0.2) is 0 Å². The minimum atomic E-state index is 0.481. The van der Waals surface area contributed by atoms with Crippen molar-refractivity contribution in [3.63, 3.8) is 0 Å². The summed E-state index contributed by atoms with van der Waals surface area (Å²) in [6, 6.07) is 0. The summed E-state index contributed by atoms with van der Waals surface area (Å²) < 4.78 is 0. The van der Waals surface area contributed by atoms with Gasteiger partial charge in [-0.2, -0.15) is 11.8 Å². The van der Waals surface area contributed by atoms with Crippen LogP contribution in [0, 0.1) is 5.41 Å². The second-order valence-electron chi connectivity index (χ2n) is 2.78. The third-order valence-electron chi connectivity index (χ3n) is 1.72. The summed E-state index contributed by atoms with van der Waals surface area (Å²) in [7, 11) is 3.89. The van der Waals surface area contributed by atoms with Crippen LogP contribution in [-0.2, 0) is 0 Å². The van der Waals surface area contributed by atoms with Gasteiger partial charge in [-0.15, -0.1) is 0 Å².